The first-order chi connectivity index (χ1) is 12.6. The van der Waals surface area contributed by atoms with Crippen molar-refractivity contribution in [2.24, 2.45) is 0 Å². The van der Waals surface area contributed by atoms with Gasteiger partial charge in [0, 0.05) is 12.7 Å². The lowest BCUT2D eigenvalue weighted by Gasteiger charge is -2.12. The number of unbranched alkanes of at least 4 members (excludes halogenated alkanes) is 8. The Morgan fingerprint density at radius 2 is 1.50 bits per heavy atom. The van der Waals surface area contributed by atoms with Crippen molar-refractivity contribution in [1.29, 1.82) is 0 Å². The van der Waals surface area contributed by atoms with E-state index < -0.39 is 0 Å². The van der Waals surface area contributed by atoms with E-state index in [4.69, 9.17) is 11.6 Å². The zero-order chi connectivity index (χ0) is 19.4. The summed E-state index contributed by atoms with van der Waals surface area (Å²) >= 11 is 6.35. The SMILES string of the molecule is CCCCCC=Cn1c(Cl)c(CC)c(=O)n(CCCCCCCC)c1=O. The van der Waals surface area contributed by atoms with Crippen LogP contribution in [0.15, 0.2) is 15.7 Å². The highest BCUT2D eigenvalue weighted by Gasteiger charge is 2.15. The topological polar surface area (TPSA) is 44.0 Å². The maximum absolute atomic E-state index is 12.8. The predicted octanol–water partition coefficient (Wildman–Crippen LogP) is 5.64. The molecule has 1 heterocycles. The molecule has 4 nitrogen and oxygen atoms in total. The van der Waals surface area contributed by atoms with Gasteiger partial charge in [0.25, 0.3) is 5.56 Å². The normalized spacial score (nSPS) is 11.5. The summed E-state index contributed by atoms with van der Waals surface area (Å²) in [5.74, 6) is 0. The molecule has 0 saturated carbocycles. The van der Waals surface area contributed by atoms with Crippen LogP contribution in [0.4, 0.5) is 0 Å². The lowest BCUT2D eigenvalue weighted by molar-refractivity contribution is 0.526. The van der Waals surface area contributed by atoms with Crippen molar-refractivity contribution in [2.45, 2.75) is 97.9 Å². The van der Waals surface area contributed by atoms with Gasteiger partial charge < -0.3 is 0 Å². The second-order valence-corrected chi connectivity index (χ2v) is 7.24. The Labute approximate surface area is 162 Å². The molecule has 148 valence electrons. The van der Waals surface area contributed by atoms with Gasteiger partial charge >= 0.3 is 5.69 Å². The van der Waals surface area contributed by atoms with E-state index in [-0.39, 0.29) is 16.4 Å². The first-order valence-electron chi connectivity index (χ1n) is 10.3. The fourth-order valence-electron chi connectivity index (χ4n) is 3.06. The highest BCUT2D eigenvalue weighted by Crippen LogP contribution is 2.12. The molecule has 1 aromatic rings. The van der Waals surface area contributed by atoms with Crippen molar-refractivity contribution in [3.05, 3.63) is 37.6 Å². The van der Waals surface area contributed by atoms with Crippen LogP contribution in [0.25, 0.3) is 6.20 Å². The maximum Gasteiger partial charge on any atom is 0.336 e. The summed E-state index contributed by atoms with van der Waals surface area (Å²) in [7, 11) is 0. The van der Waals surface area contributed by atoms with Gasteiger partial charge in [-0.25, -0.2) is 4.79 Å². The number of aromatic nitrogens is 2. The molecule has 0 unspecified atom stereocenters. The molecule has 0 atom stereocenters. The average Bonchev–Trinajstić information content (AvgIpc) is 2.63. The van der Waals surface area contributed by atoms with Crippen molar-refractivity contribution in [1.82, 2.24) is 9.13 Å². The largest absolute Gasteiger partial charge is 0.336 e. The molecule has 1 aromatic heterocycles. The fourth-order valence-corrected chi connectivity index (χ4v) is 3.41. The molecule has 0 saturated heterocycles. The summed E-state index contributed by atoms with van der Waals surface area (Å²) in [5, 5.41) is 0.258. The molecule has 0 radical (unpaired) electrons. The van der Waals surface area contributed by atoms with Gasteiger partial charge in [-0.05, 0) is 25.7 Å². The van der Waals surface area contributed by atoms with Gasteiger partial charge in [0.05, 0.1) is 5.56 Å². The Bertz CT molecular complexity index is 674. The van der Waals surface area contributed by atoms with Crippen molar-refractivity contribution in [3.63, 3.8) is 0 Å². The average molecular weight is 383 g/mol. The van der Waals surface area contributed by atoms with E-state index in [2.05, 4.69) is 13.8 Å². The van der Waals surface area contributed by atoms with Crippen molar-refractivity contribution in [2.75, 3.05) is 0 Å². The number of nitrogens with zero attached hydrogens (tertiary/aromatic N) is 2. The van der Waals surface area contributed by atoms with Crippen molar-refractivity contribution >= 4 is 17.8 Å². The van der Waals surface area contributed by atoms with Crippen LogP contribution in [-0.2, 0) is 13.0 Å². The molecule has 0 N–H and O–H groups in total. The summed E-state index contributed by atoms with van der Waals surface area (Å²) in [5.41, 5.74) is -0.0281. The lowest BCUT2D eigenvalue weighted by atomic mass is 10.1. The molecule has 0 aliphatic heterocycles. The summed E-state index contributed by atoms with van der Waals surface area (Å²) in [6.45, 7) is 6.73. The number of rotatable bonds is 13. The minimum atomic E-state index is -0.322. The van der Waals surface area contributed by atoms with Crippen LogP contribution in [0.3, 0.4) is 0 Å². The summed E-state index contributed by atoms with van der Waals surface area (Å²) in [6, 6.07) is 0. The molecule has 1 rings (SSSR count). The second-order valence-electron chi connectivity index (χ2n) is 6.88. The molecular formula is C21H35ClN2O2. The van der Waals surface area contributed by atoms with Crippen molar-refractivity contribution in [3.8, 4) is 0 Å². The molecule has 0 bridgehead atoms. The molecule has 0 aromatic carbocycles. The molecule has 0 aliphatic rings. The van der Waals surface area contributed by atoms with Gasteiger partial charge in [-0.1, -0.05) is 83.4 Å². The second kappa shape index (κ2) is 13.0. The van der Waals surface area contributed by atoms with Crippen LogP contribution < -0.4 is 11.2 Å². The first kappa shape index (κ1) is 22.8. The Morgan fingerprint density at radius 3 is 2.15 bits per heavy atom. The molecule has 0 aliphatic carbocycles. The van der Waals surface area contributed by atoms with Crippen molar-refractivity contribution < 1.29 is 0 Å². The van der Waals surface area contributed by atoms with Gasteiger partial charge in [0.15, 0.2) is 0 Å². The van der Waals surface area contributed by atoms with Crippen LogP contribution >= 0.6 is 11.6 Å². The third-order valence-corrected chi connectivity index (χ3v) is 5.13. The van der Waals surface area contributed by atoms with Gasteiger partial charge in [-0.15, -0.1) is 0 Å². The predicted molar refractivity (Wildman–Crippen MR) is 112 cm³/mol. The summed E-state index contributed by atoms with van der Waals surface area (Å²) < 4.78 is 2.80. The quantitative estimate of drug-likeness (QED) is 0.327. The smallest absolute Gasteiger partial charge is 0.269 e. The Kier molecular flexibility index (Phi) is 11.3. The monoisotopic (exact) mass is 382 g/mol. The van der Waals surface area contributed by atoms with E-state index >= 15 is 0 Å². The van der Waals surface area contributed by atoms with E-state index in [1.165, 1.54) is 34.8 Å². The number of halogens is 1. The molecule has 0 fully saturated rings. The van der Waals surface area contributed by atoms with Crippen LogP contribution in [0.5, 0.6) is 0 Å². The van der Waals surface area contributed by atoms with E-state index in [9.17, 15) is 9.59 Å². The highest BCUT2D eigenvalue weighted by atomic mass is 35.5. The van der Waals surface area contributed by atoms with Crippen LogP contribution in [0.2, 0.25) is 5.15 Å². The van der Waals surface area contributed by atoms with Crippen LogP contribution in [-0.4, -0.2) is 9.13 Å². The zero-order valence-electron chi connectivity index (χ0n) is 16.7. The standard InChI is InChI=1S/C21H35ClN2O2/c1-4-7-9-11-13-15-17-24-20(25)18(6-3)19(22)23(21(24)26)16-14-12-10-8-5-2/h14,16H,4-13,15,17H2,1-3H3. The third kappa shape index (κ3) is 6.79. The number of allylic oxidation sites excluding steroid dienone is 1. The minimum absolute atomic E-state index is 0.230. The van der Waals surface area contributed by atoms with E-state index in [0.717, 1.165) is 38.5 Å². The van der Waals surface area contributed by atoms with Gasteiger partial charge in [-0.3, -0.25) is 13.9 Å². The minimum Gasteiger partial charge on any atom is -0.269 e. The van der Waals surface area contributed by atoms with E-state index in [1.54, 1.807) is 6.20 Å². The molecule has 0 amide bonds. The highest BCUT2D eigenvalue weighted by molar-refractivity contribution is 6.30. The Hall–Kier alpha value is -1.29. The zero-order valence-corrected chi connectivity index (χ0v) is 17.5. The summed E-state index contributed by atoms with van der Waals surface area (Å²) in [6.07, 6.45) is 15.3. The Morgan fingerprint density at radius 1 is 0.885 bits per heavy atom. The number of hydrogen-bond acceptors (Lipinski definition) is 2. The van der Waals surface area contributed by atoms with E-state index in [0.29, 0.717) is 18.5 Å². The van der Waals surface area contributed by atoms with Gasteiger partial charge in [-0.2, -0.15) is 0 Å². The molecule has 0 spiro atoms. The molecule has 5 heteroatoms. The number of hydrogen-bond donors (Lipinski definition) is 0. The third-order valence-electron chi connectivity index (χ3n) is 4.72. The Balaban J connectivity index is 2.94. The van der Waals surface area contributed by atoms with Crippen LogP contribution in [0.1, 0.15) is 90.5 Å². The lowest BCUT2D eigenvalue weighted by Crippen LogP contribution is -2.40. The van der Waals surface area contributed by atoms with Crippen LogP contribution in [0, 0.1) is 0 Å². The molecular weight excluding hydrogens is 348 g/mol. The maximum atomic E-state index is 12.8. The first-order valence-corrected chi connectivity index (χ1v) is 10.7. The molecule has 26 heavy (non-hydrogen) atoms. The summed E-state index contributed by atoms with van der Waals surface area (Å²) in [4.78, 5) is 25.4. The van der Waals surface area contributed by atoms with Gasteiger partial charge in [0.2, 0.25) is 0 Å². The fraction of sp³-hybridized carbons (Fsp3) is 0.714. The van der Waals surface area contributed by atoms with Gasteiger partial charge in [0.1, 0.15) is 5.15 Å². The van der Waals surface area contributed by atoms with E-state index in [1.807, 2.05) is 13.0 Å².